The molecule has 1 amide bonds. The number of nitrogens with zero attached hydrogens (tertiary/aromatic N) is 3. The third-order valence-electron chi connectivity index (χ3n) is 4.43. The Labute approximate surface area is 178 Å². The highest BCUT2D eigenvalue weighted by molar-refractivity contribution is 8.00. The lowest BCUT2D eigenvalue weighted by Gasteiger charge is -2.09. The Morgan fingerprint density at radius 1 is 1.23 bits per heavy atom. The van der Waals surface area contributed by atoms with Crippen molar-refractivity contribution in [3.05, 3.63) is 59.6 Å². The fourth-order valence-corrected chi connectivity index (χ4v) is 4.28. The molecule has 9 heteroatoms. The van der Waals surface area contributed by atoms with Gasteiger partial charge in [0, 0.05) is 31.1 Å². The fraction of sp³-hybridized carbons (Fsp3) is 0.333. The number of fused-ring (bicyclic) bond motifs is 1. The summed E-state index contributed by atoms with van der Waals surface area (Å²) < 4.78 is 10.9. The van der Waals surface area contributed by atoms with E-state index in [1.807, 2.05) is 31.2 Å². The van der Waals surface area contributed by atoms with Gasteiger partial charge in [-0.3, -0.25) is 4.79 Å². The zero-order chi connectivity index (χ0) is 20.9. The molecule has 156 valence electrons. The molecular weight excluding hydrogens is 402 g/mol. The van der Waals surface area contributed by atoms with Gasteiger partial charge in [0.25, 0.3) is 0 Å². The number of hydrogen-bond donors (Lipinski definition) is 2. The Kier molecular flexibility index (Phi) is 6.18. The zero-order valence-corrected chi connectivity index (χ0v) is 17.7. The molecule has 2 N–H and O–H groups in total. The number of furan rings is 1. The van der Waals surface area contributed by atoms with Crippen LogP contribution < -0.4 is 15.4 Å². The first-order valence-corrected chi connectivity index (χ1v) is 10.7. The van der Waals surface area contributed by atoms with Gasteiger partial charge in [0.2, 0.25) is 5.91 Å². The molecule has 0 bridgehead atoms. The van der Waals surface area contributed by atoms with Gasteiger partial charge >= 0.3 is 6.01 Å². The summed E-state index contributed by atoms with van der Waals surface area (Å²) in [6.07, 6.45) is 3.59. The van der Waals surface area contributed by atoms with Crippen LogP contribution >= 0.6 is 11.8 Å². The number of anilines is 1. The van der Waals surface area contributed by atoms with Crippen LogP contribution in [0.4, 0.5) is 5.69 Å². The van der Waals surface area contributed by atoms with Crippen LogP contribution in [-0.2, 0) is 24.1 Å². The number of thioether (sulfide) groups is 1. The van der Waals surface area contributed by atoms with Crippen molar-refractivity contribution in [1.29, 1.82) is 0 Å². The molecule has 0 saturated carbocycles. The molecule has 1 unspecified atom stereocenters. The molecular formula is C21H23N5O3S. The summed E-state index contributed by atoms with van der Waals surface area (Å²) in [4.78, 5) is 25.9. The number of ether oxygens (including phenoxy) is 1. The molecule has 0 spiro atoms. The monoisotopic (exact) mass is 425 g/mol. The SMILES string of the molecule is CCOc1nc(CCc2ccco2)nc(Cc2ccc3c(c2)SC(NC(C)=O)N3)n1. The molecule has 30 heavy (non-hydrogen) atoms. The lowest BCUT2D eigenvalue weighted by molar-refractivity contribution is -0.119. The second-order valence-electron chi connectivity index (χ2n) is 6.81. The largest absolute Gasteiger partial charge is 0.469 e. The Morgan fingerprint density at radius 2 is 2.10 bits per heavy atom. The maximum Gasteiger partial charge on any atom is 0.319 e. The van der Waals surface area contributed by atoms with Gasteiger partial charge in [-0.05, 0) is 36.8 Å². The Hall–Kier alpha value is -3.07. The van der Waals surface area contributed by atoms with E-state index in [0.29, 0.717) is 43.5 Å². The minimum atomic E-state index is -0.150. The van der Waals surface area contributed by atoms with Crippen molar-refractivity contribution in [3.63, 3.8) is 0 Å². The van der Waals surface area contributed by atoms with E-state index in [9.17, 15) is 4.79 Å². The molecule has 0 radical (unpaired) electrons. The zero-order valence-electron chi connectivity index (χ0n) is 16.8. The second kappa shape index (κ2) is 9.17. The molecule has 0 saturated heterocycles. The molecule has 3 heterocycles. The van der Waals surface area contributed by atoms with Crippen LogP contribution in [0.1, 0.15) is 36.8 Å². The average Bonchev–Trinajstić information content (AvgIpc) is 3.35. The third kappa shape index (κ3) is 5.10. The summed E-state index contributed by atoms with van der Waals surface area (Å²) in [6, 6.07) is 10.3. The summed E-state index contributed by atoms with van der Waals surface area (Å²) in [5.41, 5.74) is 1.94. The van der Waals surface area contributed by atoms with Crippen LogP contribution in [0.15, 0.2) is 45.9 Å². The number of rotatable bonds is 8. The van der Waals surface area contributed by atoms with Crippen LogP contribution in [0.25, 0.3) is 0 Å². The average molecular weight is 426 g/mol. The van der Waals surface area contributed by atoms with Crippen LogP contribution in [0.2, 0.25) is 0 Å². The maximum atomic E-state index is 11.3. The second-order valence-corrected chi connectivity index (χ2v) is 7.96. The Bertz CT molecular complexity index is 1030. The quantitative estimate of drug-likeness (QED) is 0.567. The number of nitrogens with one attached hydrogen (secondary N) is 2. The normalized spacial score (nSPS) is 14.8. The van der Waals surface area contributed by atoms with Crippen LogP contribution in [-0.4, -0.2) is 33.0 Å². The predicted molar refractivity (Wildman–Crippen MR) is 113 cm³/mol. The molecule has 1 aliphatic rings. The van der Waals surface area contributed by atoms with Crippen LogP contribution in [0, 0.1) is 0 Å². The van der Waals surface area contributed by atoms with Gasteiger partial charge in [-0.25, -0.2) is 4.98 Å². The van der Waals surface area contributed by atoms with Crippen molar-refractivity contribution in [3.8, 4) is 6.01 Å². The van der Waals surface area contributed by atoms with Gasteiger partial charge in [-0.1, -0.05) is 17.8 Å². The maximum absolute atomic E-state index is 11.3. The van der Waals surface area contributed by atoms with Gasteiger partial charge in [-0.15, -0.1) is 0 Å². The molecule has 0 fully saturated rings. The van der Waals surface area contributed by atoms with Crippen molar-refractivity contribution in [2.24, 2.45) is 0 Å². The van der Waals surface area contributed by atoms with Crippen LogP contribution in [0.3, 0.4) is 0 Å². The van der Waals surface area contributed by atoms with Gasteiger partial charge in [-0.2, -0.15) is 9.97 Å². The van der Waals surface area contributed by atoms with E-state index in [-0.39, 0.29) is 11.4 Å². The number of carbonyl (C=O) groups is 1. The van der Waals surface area contributed by atoms with E-state index in [0.717, 1.165) is 21.9 Å². The fourth-order valence-electron chi connectivity index (χ4n) is 3.14. The lowest BCUT2D eigenvalue weighted by Crippen LogP contribution is -2.33. The number of aryl methyl sites for hydroxylation is 2. The summed E-state index contributed by atoms with van der Waals surface area (Å²) in [6.45, 7) is 3.91. The molecule has 1 aliphatic heterocycles. The Morgan fingerprint density at radius 3 is 2.87 bits per heavy atom. The van der Waals surface area contributed by atoms with Crippen molar-refractivity contribution >= 4 is 23.4 Å². The molecule has 1 atom stereocenters. The molecule has 2 aromatic heterocycles. The minimum Gasteiger partial charge on any atom is -0.469 e. The number of benzene rings is 1. The topological polar surface area (TPSA) is 102 Å². The van der Waals surface area contributed by atoms with E-state index in [2.05, 4.69) is 31.7 Å². The van der Waals surface area contributed by atoms with E-state index < -0.39 is 0 Å². The predicted octanol–water partition coefficient (Wildman–Crippen LogP) is 3.18. The molecule has 1 aromatic carbocycles. The summed E-state index contributed by atoms with van der Waals surface area (Å²) >= 11 is 1.58. The minimum absolute atomic E-state index is 0.0660. The molecule has 4 rings (SSSR count). The molecule has 3 aromatic rings. The van der Waals surface area contributed by atoms with E-state index in [1.54, 1.807) is 18.0 Å². The standard InChI is InChI=1S/C21H23N5O3S/c1-3-28-20-25-18(9-7-15-5-4-10-29-15)24-19(26-20)12-14-6-8-16-17(11-14)30-21(23-16)22-13(2)27/h4-6,8,10-11,21,23H,3,7,9,12H2,1-2H3,(H,22,27). The number of amides is 1. The smallest absolute Gasteiger partial charge is 0.319 e. The first kappa shape index (κ1) is 20.2. The van der Waals surface area contributed by atoms with Crippen molar-refractivity contribution < 1.29 is 13.9 Å². The van der Waals surface area contributed by atoms with E-state index >= 15 is 0 Å². The Balaban J connectivity index is 1.49. The summed E-state index contributed by atoms with van der Waals surface area (Å²) in [7, 11) is 0. The molecule has 0 aliphatic carbocycles. The van der Waals surface area contributed by atoms with Gasteiger partial charge in [0.05, 0.1) is 18.6 Å². The van der Waals surface area contributed by atoms with Crippen LogP contribution in [0.5, 0.6) is 6.01 Å². The van der Waals surface area contributed by atoms with Gasteiger partial charge in [0.15, 0.2) is 5.50 Å². The first-order chi connectivity index (χ1) is 14.6. The van der Waals surface area contributed by atoms with Gasteiger partial charge in [0.1, 0.15) is 17.4 Å². The van der Waals surface area contributed by atoms with Gasteiger partial charge < -0.3 is 19.8 Å². The number of carbonyl (C=O) groups excluding carboxylic acids is 1. The summed E-state index contributed by atoms with van der Waals surface area (Å²) in [5, 5.41) is 6.15. The highest BCUT2D eigenvalue weighted by atomic mass is 32.2. The van der Waals surface area contributed by atoms with E-state index in [4.69, 9.17) is 9.15 Å². The number of aromatic nitrogens is 3. The van der Waals surface area contributed by atoms with Crippen molar-refractivity contribution in [1.82, 2.24) is 20.3 Å². The molecule has 8 nitrogen and oxygen atoms in total. The lowest BCUT2D eigenvalue weighted by atomic mass is 10.1. The first-order valence-electron chi connectivity index (χ1n) is 9.81. The van der Waals surface area contributed by atoms with Crippen molar-refractivity contribution in [2.75, 3.05) is 11.9 Å². The van der Waals surface area contributed by atoms with E-state index in [1.165, 1.54) is 6.92 Å². The highest BCUT2D eigenvalue weighted by Gasteiger charge is 2.22. The highest BCUT2D eigenvalue weighted by Crippen LogP contribution is 2.38. The third-order valence-corrected chi connectivity index (χ3v) is 5.49. The summed E-state index contributed by atoms with van der Waals surface area (Å²) in [5.74, 6) is 2.18. The van der Waals surface area contributed by atoms with Crippen molar-refractivity contribution in [2.45, 2.75) is 43.5 Å². The number of hydrogen-bond acceptors (Lipinski definition) is 8.